The van der Waals surface area contributed by atoms with Gasteiger partial charge in [0.2, 0.25) is 0 Å². The van der Waals surface area contributed by atoms with E-state index in [0.29, 0.717) is 11.8 Å². The van der Waals surface area contributed by atoms with Crippen LogP contribution in [0.25, 0.3) is 0 Å². The molecular weight excluding hydrogens is 234 g/mol. The van der Waals surface area contributed by atoms with E-state index in [9.17, 15) is 4.79 Å². The van der Waals surface area contributed by atoms with Crippen molar-refractivity contribution in [3.63, 3.8) is 0 Å². The van der Waals surface area contributed by atoms with Crippen LogP contribution in [0.4, 0.5) is 0 Å². The van der Waals surface area contributed by atoms with Gasteiger partial charge in [-0.3, -0.25) is 4.79 Å². The van der Waals surface area contributed by atoms with Gasteiger partial charge in [0, 0.05) is 5.38 Å². The van der Waals surface area contributed by atoms with Crippen LogP contribution in [0.15, 0.2) is 5.38 Å². The Morgan fingerprint density at radius 3 is 3.13 bits per heavy atom. The predicted octanol–water partition coefficient (Wildman–Crippen LogP) is 2.80. The third-order valence-electron chi connectivity index (χ3n) is 2.44. The highest BCUT2D eigenvalue weighted by Crippen LogP contribution is 2.34. The number of nitrogens with zero attached hydrogens (tertiary/aromatic N) is 1. The molecule has 0 spiro atoms. The van der Waals surface area contributed by atoms with Crippen molar-refractivity contribution in [2.75, 3.05) is 5.88 Å². The van der Waals surface area contributed by atoms with Crippen molar-refractivity contribution in [3.8, 4) is 0 Å². The van der Waals surface area contributed by atoms with Crippen molar-refractivity contribution in [1.82, 2.24) is 4.98 Å². The highest BCUT2D eigenvalue weighted by atomic mass is 35.5. The zero-order valence-corrected chi connectivity index (χ0v) is 9.98. The molecule has 0 bridgehead atoms. The van der Waals surface area contributed by atoms with Gasteiger partial charge in [-0.05, 0) is 19.8 Å². The van der Waals surface area contributed by atoms with Crippen molar-refractivity contribution in [2.45, 2.75) is 32.0 Å². The molecule has 1 saturated heterocycles. The zero-order valence-electron chi connectivity index (χ0n) is 8.40. The minimum atomic E-state index is -0.120. The molecule has 1 aliphatic heterocycles. The Labute approximate surface area is 97.4 Å². The van der Waals surface area contributed by atoms with Gasteiger partial charge in [0.25, 0.3) is 0 Å². The Bertz CT molecular complexity index is 366. The third-order valence-corrected chi connectivity index (χ3v) is 3.62. The topological polar surface area (TPSA) is 39.2 Å². The monoisotopic (exact) mass is 245 g/mol. The Hall–Kier alpha value is -0.450. The number of ether oxygens (including phenoxy) is 1. The summed E-state index contributed by atoms with van der Waals surface area (Å²) >= 11 is 6.94. The molecule has 1 aliphatic rings. The summed E-state index contributed by atoms with van der Waals surface area (Å²) in [7, 11) is 0. The fraction of sp³-hybridized carbons (Fsp3) is 0.600. The average Bonchev–Trinajstić information content (AvgIpc) is 2.84. The number of hydrogen-bond acceptors (Lipinski definition) is 4. The Kier molecular flexibility index (Phi) is 3.38. The lowest BCUT2D eigenvalue weighted by Gasteiger charge is -2.06. The number of alkyl halides is 1. The first-order valence-corrected chi connectivity index (χ1v) is 6.32. The van der Waals surface area contributed by atoms with Crippen LogP contribution in [0.3, 0.4) is 0 Å². The largest absolute Gasteiger partial charge is 0.368 e. The lowest BCUT2D eigenvalue weighted by atomic mass is 10.2. The van der Waals surface area contributed by atoms with Gasteiger partial charge in [0.1, 0.15) is 16.8 Å². The highest BCUT2D eigenvalue weighted by molar-refractivity contribution is 7.09. The molecule has 2 heterocycles. The number of Topliss-reactive ketones (excluding diaryl/α,β-unsaturated/α-hetero) is 1. The van der Waals surface area contributed by atoms with Gasteiger partial charge in [0.15, 0.2) is 5.78 Å². The number of ketones is 1. The lowest BCUT2D eigenvalue weighted by molar-refractivity contribution is 0.0553. The van der Waals surface area contributed by atoms with Crippen LogP contribution >= 0.6 is 22.9 Å². The zero-order chi connectivity index (χ0) is 10.8. The molecule has 15 heavy (non-hydrogen) atoms. The minimum absolute atomic E-state index is 0.00883. The minimum Gasteiger partial charge on any atom is -0.368 e. The molecular formula is C10H12ClNO2S. The van der Waals surface area contributed by atoms with Crippen LogP contribution in [0.5, 0.6) is 0 Å². The molecule has 0 aromatic carbocycles. The molecule has 2 unspecified atom stereocenters. The van der Waals surface area contributed by atoms with Gasteiger partial charge in [-0.2, -0.15) is 0 Å². The quantitative estimate of drug-likeness (QED) is 0.607. The Balaban J connectivity index is 2.10. The molecule has 2 atom stereocenters. The van der Waals surface area contributed by atoms with Gasteiger partial charge in [-0.25, -0.2) is 4.98 Å². The van der Waals surface area contributed by atoms with Crippen LogP contribution in [-0.4, -0.2) is 22.8 Å². The maximum atomic E-state index is 11.3. The highest BCUT2D eigenvalue weighted by Gasteiger charge is 2.26. The second-order valence-corrected chi connectivity index (χ2v) is 4.80. The molecule has 0 saturated carbocycles. The van der Waals surface area contributed by atoms with E-state index in [0.717, 1.165) is 17.8 Å². The van der Waals surface area contributed by atoms with E-state index in [-0.39, 0.29) is 17.8 Å². The summed E-state index contributed by atoms with van der Waals surface area (Å²) in [5, 5.41) is 2.65. The first-order chi connectivity index (χ1) is 7.20. The average molecular weight is 246 g/mol. The molecule has 1 aromatic heterocycles. The molecule has 2 rings (SSSR count). The Morgan fingerprint density at radius 2 is 2.53 bits per heavy atom. The summed E-state index contributed by atoms with van der Waals surface area (Å²) in [4.78, 5) is 15.5. The van der Waals surface area contributed by atoms with Crippen LogP contribution < -0.4 is 0 Å². The molecule has 0 aliphatic carbocycles. The number of hydrogen-bond donors (Lipinski definition) is 0. The number of thiazole rings is 1. The van der Waals surface area contributed by atoms with Crippen molar-refractivity contribution in [3.05, 3.63) is 16.1 Å². The predicted molar refractivity (Wildman–Crippen MR) is 59.7 cm³/mol. The number of aromatic nitrogens is 1. The number of rotatable bonds is 3. The molecule has 5 heteroatoms. The summed E-state index contributed by atoms with van der Waals surface area (Å²) < 4.78 is 5.68. The number of halogens is 1. The van der Waals surface area contributed by atoms with Gasteiger partial charge in [-0.15, -0.1) is 22.9 Å². The first-order valence-electron chi connectivity index (χ1n) is 4.90. The summed E-state index contributed by atoms with van der Waals surface area (Å²) in [5.41, 5.74) is 0.466. The van der Waals surface area contributed by atoms with Crippen LogP contribution in [-0.2, 0) is 4.74 Å². The standard InChI is InChI=1S/C10H12ClNO2S/c1-6-2-3-9(14-6)10-12-7(5-15-10)8(13)4-11/h5-6,9H,2-4H2,1H3. The van der Waals surface area contributed by atoms with Gasteiger partial charge in [-0.1, -0.05) is 0 Å². The molecule has 0 amide bonds. The SMILES string of the molecule is CC1CCC(c2nc(C(=O)CCl)cs2)O1. The van der Waals surface area contributed by atoms with E-state index in [4.69, 9.17) is 16.3 Å². The van der Waals surface area contributed by atoms with Gasteiger partial charge < -0.3 is 4.74 Å². The number of carbonyl (C=O) groups excluding carboxylic acids is 1. The molecule has 0 radical (unpaired) electrons. The molecule has 0 N–H and O–H groups in total. The van der Waals surface area contributed by atoms with Gasteiger partial charge >= 0.3 is 0 Å². The van der Waals surface area contributed by atoms with E-state index < -0.39 is 0 Å². The maximum Gasteiger partial charge on any atom is 0.196 e. The summed E-state index contributed by atoms with van der Waals surface area (Å²) in [6.45, 7) is 2.05. The van der Waals surface area contributed by atoms with Gasteiger partial charge in [0.05, 0.1) is 12.0 Å². The fourth-order valence-electron chi connectivity index (χ4n) is 1.62. The second kappa shape index (κ2) is 4.60. The van der Waals surface area contributed by atoms with Crippen molar-refractivity contribution < 1.29 is 9.53 Å². The lowest BCUT2D eigenvalue weighted by Crippen LogP contribution is -2.03. The van der Waals surface area contributed by atoms with E-state index in [1.54, 1.807) is 5.38 Å². The Morgan fingerprint density at radius 1 is 1.73 bits per heavy atom. The molecule has 82 valence electrons. The van der Waals surface area contributed by atoms with E-state index in [1.807, 2.05) is 0 Å². The normalized spacial score (nSPS) is 25.7. The van der Waals surface area contributed by atoms with Crippen LogP contribution in [0, 0.1) is 0 Å². The van der Waals surface area contributed by atoms with Crippen LogP contribution in [0.1, 0.15) is 41.4 Å². The third kappa shape index (κ3) is 2.38. The van der Waals surface area contributed by atoms with Crippen molar-refractivity contribution >= 4 is 28.7 Å². The van der Waals surface area contributed by atoms with Crippen molar-refractivity contribution in [1.29, 1.82) is 0 Å². The summed E-state index contributed by atoms with van der Waals surface area (Å²) in [6.07, 6.45) is 2.42. The molecule has 3 nitrogen and oxygen atoms in total. The number of carbonyl (C=O) groups is 1. The summed E-state index contributed by atoms with van der Waals surface area (Å²) in [5.74, 6) is -0.129. The fourth-order valence-corrected chi connectivity index (χ4v) is 2.65. The summed E-state index contributed by atoms with van der Waals surface area (Å²) in [6, 6.07) is 0. The molecule has 1 aromatic rings. The second-order valence-electron chi connectivity index (χ2n) is 3.64. The van der Waals surface area contributed by atoms with Crippen molar-refractivity contribution in [2.24, 2.45) is 0 Å². The molecule has 1 fully saturated rings. The smallest absolute Gasteiger partial charge is 0.196 e. The van der Waals surface area contributed by atoms with Crippen LogP contribution in [0.2, 0.25) is 0 Å². The van der Waals surface area contributed by atoms with E-state index >= 15 is 0 Å². The van der Waals surface area contributed by atoms with E-state index in [2.05, 4.69) is 11.9 Å². The van der Waals surface area contributed by atoms with E-state index in [1.165, 1.54) is 11.3 Å². The first kappa shape index (κ1) is 11.0. The maximum absolute atomic E-state index is 11.3.